The number of aryl methyl sites for hydroxylation is 1. The first-order valence-electron chi connectivity index (χ1n) is 11.1. The van der Waals surface area contributed by atoms with Gasteiger partial charge < -0.3 is 15.0 Å². The minimum atomic E-state index is -0.0131. The van der Waals surface area contributed by atoms with Crippen LogP contribution in [0.1, 0.15) is 60.4 Å². The molecule has 2 aromatic rings. The van der Waals surface area contributed by atoms with E-state index in [1.165, 1.54) is 42.4 Å². The van der Waals surface area contributed by atoms with Crippen LogP contribution in [-0.4, -0.2) is 31.1 Å². The molecule has 2 aliphatic heterocycles. The zero-order chi connectivity index (χ0) is 18.8. The Labute approximate surface area is 193 Å². The van der Waals surface area contributed by atoms with Crippen LogP contribution in [-0.2, 0) is 23.4 Å². The smallest absolute Gasteiger partial charge is 0.0963 e. The molecule has 3 aliphatic rings. The molecule has 1 aliphatic carbocycles. The lowest BCUT2D eigenvalue weighted by molar-refractivity contribution is -0.0785. The molecule has 0 saturated carbocycles. The molecule has 1 spiro atoms. The molecule has 0 aromatic heterocycles. The van der Waals surface area contributed by atoms with Crippen molar-refractivity contribution in [1.29, 1.82) is 0 Å². The molecular weight excluding hydrogens is 415 g/mol. The van der Waals surface area contributed by atoms with Gasteiger partial charge in [-0.3, -0.25) is 0 Å². The zero-order valence-electron chi connectivity index (χ0n) is 17.6. The molecule has 1 fully saturated rings. The van der Waals surface area contributed by atoms with Crippen LogP contribution in [0.5, 0.6) is 0 Å². The van der Waals surface area contributed by atoms with Gasteiger partial charge in [-0.25, -0.2) is 0 Å². The molecule has 1 N–H and O–H groups in total. The van der Waals surface area contributed by atoms with E-state index in [4.69, 9.17) is 4.74 Å². The van der Waals surface area contributed by atoms with Crippen molar-refractivity contribution in [1.82, 2.24) is 10.2 Å². The molecule has 2 aromatic carbocycles. The van der Waals surface area contributed by atoms with Gasteiger partial charge >= 0.3 is 0 Å². The average Bonchev–Trinajstić information content (AvgIpc) is 2.96. The third-order valence-electron chi connectivity index (χ3n) is 7.11. The predicted molar refractivity (Wildman–Crippen MR) is 128 cm³/mol. The van der Waals surface area contributed by atoms with Gasteiger partial charge in [-0.2, -0.15) is 0 Å². The van der Waals surface area contributed by atoms with E-state index < -0.39 is 0 Å². The van der Waals surface area contributed by atoms with E-state index >= 15 is 0 Å². The minimum Gasteiger partial charge on any atom is -0.365 e. The summed E-state index contributed by atoms with van der Waals surface area (Å²) in [5.41, 5.74) is 5.91. The van der Waals surface area contributed by atoms with Crippen molar-refractivity contribution >= 4 is 24.8 Å². The number of fused-ring (bicyclic) bond motifs is 3. The van der Waals surface area contributed by atoms with Crippen LogP contribution in [0.25, 0.3) is 0 Å². The zero-order valence-corrected chi connectivity index (χ0v) is 19.3. The molecule has 1 atom stereocenters. The number of ether oxygens (including phenoxy) is 1. The SMILES string of the molecule is Cl.Cl.c1ccc2c(c1)CCCCC2NCCN1CCC2(CC1)OCc1ccccc12. The van der Waals surface area contributed by atoms with Gasteiger partial charge in [0.05, 0.1) is 12.2 Å². The van der Waals surface area contributed by atoms with E-state index in [1.807, 2.05) is 0 Å². The second-order valence-electron chi connectivity index (χ2n) is 8.73. The second kappa shape index (κ2) is 10.5. The van der Waals surface area contributed by atoms with Crippen LogP contribution in [0, 0.1) is 0 Å². The maximum absolute atomic E-state index is 6.31. The van der Waals surface area contributed by atoms with Gasteiger partial charge in [0.2, 0.25) is 0 Å². The first-order valence-corrected chi connectivity index (χ1v) is 11.1. The third kappa shape index (κ3) is 4.71. The Kier molecular flexibility index (Phi) is 8.23. The molecule has 5 heteroatoms. The fourth-order valence-corrected chi connectivity index (χ4v) is 5.47. The second-order valence-corrected chi connectivity index (χ2v) is 8.73. The van der Waals surface area contributed by atoms with Crippen molar-refractivity contribution in [2.45, 2.75) is 56.8 Å². The van der Waals surface area contributed by atoms with E-state index in [0.29, 0.717) is 6.04 Å². The summed E-state index contributed by atoms with van der Waals surface area (Å²) in [6.07, 6.45) is 7.40. The van der Waals surface area contributed by atoms with E-state index in [0.717, 1.165) is 45.6 Å². The summed E-state index contributed by atoms with van der Waals surface area (Å²) in [7, 11) is 0. The van der Waals surface area contributed by atoms with Crippen molar-refractivity contribution < 1.29 is 4.74 Å². The molecular formula is C25H34Cl2N2O. The van der Waals surface area contributed by atoms with Crippen LogP contribution in [0.2, 0.25) is 0 Å². The highest BCUT2D eigenvalue weighted by Gasteiger charge is 2.42. The summed E-state index contributed by atoms with van der Waals surface area (Å²) in [4.78, 5) is 2.62. The highest BCUT2D eigenvalue weighted by molar-refractivity contribution is 5.85. The van der Waals surface area contributed by atoms with Gasteiger partial charge in [-0.15, -0.1) is 24.8 Å². The highest BCUT2D eigenvalue weighted by Crippen LogP contribution is 2.43. The number of piperidine rings is 1. The first kappa shape index (κ1) is 23.6. The lowest BCUT2D eigenvalue weighted by Gasteiger charge is -2.39. The maximum atomic E-state index is 6.31. The molecule has 0 amide bonds. The number of rotatable bonds is 4. The van der Waals surface area contributed by atoms with E-state index in [-0.39, 0.29) is 30.4 Å². The maximum Gasteiger partial charge on any atom is 0.0963 e. The monoisotopic (exact) mass is 448 g/mol. The molecule has 3 nitrogen and oxygen atoms in total. The van der Waals surface area contributed by atoms with E-state index in [2.05, 4.69) is 58.7 Å². The number of nitrogens with zero attached hydrogens (tertiary/aromatic N) is 1. The Hall–Kier alpha value is -1.10. The summed E-state index contributed by atoms with van der Waals surface area (Å²) in [6.45, 7) is 5.27. The first-order chi connectivity index (χ1) is 13.8. The Balaban J connectivity index is 0.00000128. The molecule has 2 heterocycles. The van der Waals surface area contributed by atoms with Crippen molar-refractivity contribution in [2.24, 2.45) is 0 Å². The topological polar surface area (TPSA) is 24.5 Å². The summed E-state index contributed by atoms with van der Waals surface area (Å²) in [5.74, 6) is 0. The molecule has 1 saturated heterocycles. The number of benzene rings is 2. The van der Waals surface area contributed by atoms with Crippen LogP contribution in [0.15, 0.2) is 48.5 Å². The Morgan fingerprint density at radius 2 is 1.67 bits per heavy atom. The molecule has 0 radical (unpaired) electrons. The lowest BCUT2D eigenvalue weighted by Crippen LogP contribution is -2.44. The largest absolute Gasteiger partial charge is 0.365 e. The molecule has 1 unspecified atom stereocenters. The van der Waals surface area contributed by atoms with E-state index in [1.54, 1.807) is 5.56 Å². The molecule has 0 bridgehead atoms. The number of halogens is 2. The molecule has 30 heavy (non-hydrogen) atoms. The number of hydrogen-bond donors (Lipinski definition) is 1. The van der Waals surface area contributed by atoms with Crippen LogP contribution in [0.4, 0.5) is 0 Å². The van der Waals surface area contributed by atoms with Crippen molar-refractivity contribution in [2.75, 3.05) is 26.2 Å². The molecule has 5 rings (SSSR count). The van der Waals surface area contributed by atoms with Gasteiger partial charge in [0.25, 0.3) is 0 Å². The lowest BCUT2D eigenvalue weighted by atomic mass is 9.84. The van der Waals surface area contributed by atoms with Crippen molar-refractivity contribution in [3.8, 4) is 0 Å². The Bertz CT molecular complexity index is 820. The van der Waals surface area contributed by atoms with Crippen LogP contribution < -0.4 is 5.32 Å². The quantitative estimate of drug-likeness (QED) is 0.632. The highest BCUT2D eigenvalue weighted by atomic mass is 35.5. The number of hydrogen-bond acceptors (Lipinski definition) is 3. The predicted octanol–water partition coefficient (Wildman–Crippen LogP) is 5.41. The van der Waals surface area contributed by atoms with Crippen LogP contribution in [0.3, 0.4) is 0 Å². The minimum absolute atomic E-state index is 0. The normalized spacial score (nSPS) is 22.3. The van der Waals surface area contributed by atoms with Gasteiger partial charge in [0.1, 0.15) is 0 Å². The Morgan fingerprint density at radius 3 is 2.50 bits per heavy atom. The van der Waals surface area contributed by atoms with Gasteiger partial charge in [0, 0.05) is 32.2 Å². The van der Waals surface area contributed by atoms with Gasteiger partial charge in [-0.1, -0.05) is 55.0 Å². The fraction of sp³-hybridized carbons (Fsp3) is 0.520. The van der Waals surface area contributed by atoms with E-state index in [9.17, 15) is 0 Å². The summed E-state index contributed by atoms with van der Waals surface area (Å²) >= 11 is 0. The number of nitrogens with one attached hydrogen (secondary N) is 1. The summed E-state index contributed by atoms with van der Waals surface area (Å²) in [6, 6.07) is 18.4. The van der Waals surface area contributed by atoms with Crippen molar-refractivity contribution in [3.05, 3.63) is 70.8 Å². The average molecular weight is 449 g/mol. The third-order valence-corrected chi connectivity index (χ3v) is 7.11. The summed E-state index contributed by atoms with van der Waals surface area (Å²) in [5, 5.41) is 3.87. The fourth-order valence-electron chi connectivity index (χ4n) is 5.47. The Morgan fingerprint density at radius 1 is 0.933 bits per heavy atom. The summed E-state index contributed by atoms with van der Waals surface area (Å²) < 4.78 is 6.31. The van der Waals surface area contributed by atoms with Gasteiger partial charge in [0.15, 0.2) is 0 Å². The number of likely N-dealkylation sites (tertiary alicyclic amines) is 1. The van der Waals surface area contributed by atoms with Crippen molar-refractivity contribution in [3.63, 3.8) is 0 Å². The van der Waals surface area contributed by atoms with Crippen LogP contribution >= 0.6 is 24.8 Å². The van der Waals surface area contributed by atoms with Gasteiger partial charge in [-0.05, 0) is 54.4 Å². The molecule has 164 valence electrons. The standard InChI is InChI=1S/C25H32N2O.2ClH/c1-4-10-22-20(7-1)8-3-6-12-24(22)26-15-18-27-16-13-25(14-17-27)23-11-5-2-9-21(23)19-28-25;;/h1-2,4-5,7,9-11,24,26H,3,6,8,12-19H2;2*1H.